The van der Waals surface area contributed by atoms with Crippen molar-refractivity contribution < 1.29 is 19.1 Å². The van der Waals surface area contributed by atoms with E-state index in [0.717, 1.165) is 4.38 Å². The van der Waals surface area contributed by atoms with Gasteiger partial charge in [-0.15, -0.1) is 23.5 Å². The minimum atomic E-state index is -0.519. The zero-order chi connectivity index (χ0) is 15.5. The molecule has 0 aliphatic carbocycles. The van der Waals surface area contributed by atoms with E-state index in [-0.39, 0.29) is 24.7 Å². The van der Waals surface area contributed by atoms with E-state index in [2.05, 4.69) is 4.99 Å². The Morgan fingerprint density at radius 2 is 1.60 bits per heavy atom. The molecule has 0 radical (unpaired) electrons. The van der Waals surface area contributed by atoms with Crippen LogP contribution in [0.4, 0.5) is 0 Å². The second-order valence-electron chi connectivity index (χ2n) is 3.62. The lowest BCUT2D eigenvalue weighted by atomic mass is 10.1. The summed E-state index contributed by atoms with van der Waals surface area (Å²) in [5, 5.41) is 0. The van der Waals surface area contributed by atoms with Gasteiger partial charge in [0.2, 0.25) is 0 Å². The quantitative estimate of drug-likeness (QED) is 0.325. The van der Waals surface area contributed by atoms with Crippen LogP contribution in [0.3, 0.4) is 0 Å². The molecule has 0 aliphatic rings. The minimum Gasteiger partial charge on any atom is -0.466 e. The van der Waals surface area contributed by atoms with Crippen molar-refractivity contribution in [2.24, 2.45) is 4.99 Å². The Hall–Kier alpha value is -0.950. The number of aliphatic imine (C=N–C) groups is 1. The largest absolute Gasteiger partial charge is 0.466 e. The highest BCUT2D eigenvalue weighted by Crippen LogP contribution is 2.19. The van der Waals surface area contributed by atoms with Crippen molar-refractivity contribution in [1.29, 1.82) is 0 Å². The number of carbonyl (C=O) groups is 2. The lowest BCUT2D eigenvalue weighted by Crippen LogP contribution is -2.12. The second-order valence-corrected chi connectivity index (χ2v) is 5.47. The average molecular weight is 319 g/mol. The van der Waals surface area contributed by atoms with Gasteiger partial charge in [0, 0.05) is 0 Å². The maximum absolute atomic E-state index is 11.9. The summed E-state index contributed by atoms with van der Waals surface area (Å²) in [6.45, 7) is 5.72. The predicted octanol–water partition coefficient (Wildman–Crippen LogP) is 2.86. The van der Waals surface area contributed by atoms with E-state index in [1.54, 1.807) is 20.8 Å². The number of nitrogens with zero attached hydrogens (tertiary/aromatic N) is 1. The number of thioether (sulfide) groups is 2. The number of hydrogen-bond acceptors (Lipinski definition) is 7. The third-order valence-corrected chi connectivity index (χ3v) is 4.02. The van der Waals surface area contributed by atoms with E-state index >= 15 is 0 Å². The van der Waals surface area contributed by atoms with Crippen molar-refractivity contribution in [3.8, 4) is 0 Å². The van der Waals surface area contributed by atoms with Crippen molar-refractivity contribution in [3.05, 3.63) is 11.3 Å². The van der Waals surface area contributed by atoms with E-state index in [4.69, 9.17) is 9.47 Å². The molecular weight excluding hydrogens is 298 g/mol. The number of rotatable bonds is 6. The fourth-order valence-corrected chi connectivity index (χ4v) is 2.32. The molecule has 0 bridgehead atoms. The summed E-state index contributed by atoms with van der Waals surface area (Å²) >= 11 is 2.87. The third-order valence-electron chi connectivity index (χ3n) is 2.14. The Morgan fingerprint density at radius 3 is 2.05 bits per heavy atom. The van der Waals surface area contributed by atoms with Crippen LogP contribution in [0.2, 0.25) is 0 Å². The first kappa shape index (κ1) is 19.1. The van der Waals surface area contributed by atoms with Gasteiger partial charge in [-0.2, -0.15) is 0 Å². The van der Waals surface area contributed by atoms with Gasteiger partial charge in [0.1, 0.15) is 10.1 Å². The summed E-state index contributed by atoms with van der Waals surface area (Å²) in [6.07, 6.45) is 3.78. The van der Waals surface area contributed by atoms with Crippen LogP contribution in [-0.2, 0) is 19.1 Å². The Labute approximate surface area is 128 Å². The van der Waals surface area contributed by atoms with Crippen LogP contribution < -0.4 is 0 Å². The lowest BCUT2D eigenvalue weighted by Gasteiger charge is -2.09. The number of hydrogen-bond donors (Lipinski definition) is 0. The average Bonchev–Trinajstić information content (AvgIpc) is 2.40. The van der Waals surface area contributed by atoms with Crippen LogP contribution in [0.15, 0.2) is 16.3 Å². The summed E-state index contributed by atoms with van der Waals surface area (Å²) in [7, 11) is 0. The molecule has 114 valence electrons. The summed E-state index contributed by atoms with van der Waals surface area (Å²) < 4.78 is 10.6. The molecule has 0 aromatic carbocycles. The molecule has 0 atom stereocenters. The molecular formula is C13H21NO4S2. The van der Waals surface area contributed by atoms with E-state index in [9.17, 15) is 9.59 Å². The third kappa shape index (κ3) is 7.00. The molecule has 0 heterocycles. The standard InChI is InChI=1S/C13H21NO4S2/c1-6-17-10(15)8-9(3)11(12(16)18-7-2)14-13(19-4)20-5/h6-8H2,1-5H3/b11-9-. The van der Waals surface area contributed by atoms with Crippen LogP contribution in [0.5, 0.6) is 0 Å². The van der Waals surface area contributed by atoms with Crippen molar-refractivity contribution in [2.75, 3.05) is 25.7 Å². The van der Waals surface area contributed by atoms with Gasteiger partial charge in [0.05, 0.1) is 19.6 Å². The summed E-state index contributed by atoms with van der Waals surface area (Å²) in [4.78, 5) is 27.7. The first-order valence-corrected chi connectivity index (χ1v) is 8.64. The Morgan fingerprint density at radius 1 is 1.05 bits per heavy atom. The van der Waals surface area contributed by atoms with Gasteiger partial charge in [-0.05, 0) is 38.9 Å². The van der Waals surface area contributed by atoms with Gasteiger partial charge in [-0.25, -0.2) is 9.79 Å². The van der Waals surface area contributed by atoms with Crippen molar-refractivity contribution in [3.63, 3.8) is 0 Å². The summed E-state index contributed by atoms with van der Waals surface area (Å²) in [6, 6.07) is 0. The Bertz CT molecular complexity index is 399. The zero-order valence-corrected chi connectivity index (χ0v) is 14.2. The van der Waals surface area contributed by atoms with Crippen LogP contribution in [-0.4, -0.2) is 42.0 Å². The first-order chi connectivity index (χ1) is 9.49. The Balaban J connectivity index is 5.32. The van der Waals surface area contributed by atoms with Crippen molar-refractivity contribution >= 4 is 39.8 Å². The minimum absolute atomic E-state index is 0.0293. The Kier molecular flexibility index (Phi) is 10.3. The molecule has 0 amide bonds. The maximum atomic E-state index is 11.9. The second kappa shape index (κ2) is 10.8. The van der Waals surface area contributed by atoms with Crippen molar-refractivity contribution in [1.82, 2.24) is 0 Å². The number of ether oxygens (including phenoxy) is 2. The molecule has 20 heavy (non-hydrogen) atoms. The first-order valence-electron chi connectivity index (χ1n) is 6.19. The predicted molar refractivity (Wildman–Crippen MR) is 85.0 cm³/mol. The van der Waals surface area contributed by atoms with Gasteiger partial charge >= 0.3 is 11.9 Å². The van der Waals surface area contributed by atoms with E-state index in [0.29, 0.717) is 12.2 Å². The van der Waals surface area contributed by atoms with Crippen LogP contribution >= 0.6 is 23.5 Å². The molecule has 0 aromatic rings. The van der Waals surface area contributed by atoms with Gasteiger partial charge in [-0.1, -0.05) is 0 Å². The normalized spacial score (nSPS) is 11.4. The van der Waals surface area contributed by atoms with Gasteiger partial charge in [-0.3, -0.25) is 4.79 Å². The SMILES string of the molecule is CCOC(=O)C/C(C)=C(\N=C(SC)SC)C(=O)OCC. The smallest absolute Gasteiger partial charge is 0.356 e. The molecule has 0 aliphatic heterocycles. The van der Waals surface area contributed by atoms with Crippen LogP contribution in [0, 0.1) is 0 Å². The molecule has 5 nitrogen and oxygen atoms in total. The lowest BCUT2D eigenvalue weighted by molar-refractivity contribution is -0.142. The van der Waals surface area contributed by atoms with Gasteiger partial charge in [0.25, 0.3) is 0 Å². The molecule has 0 unspecified atom stereocenters. The summed E-state index contributed by atoms with van der Waals surface area (Å²) in [5.41, 5.74) is 0.723. The fourth-order valence-electron chi connectivity index (χ4n) is 1.29. The van der Waals surface area contributed by atoms with E-state index < -0.39 is 5.97 Å². The van der Waals surface area contributed by atoms with E-state index in [1.807, 2.05) is 12.5 Å². The fraction of sp³-hybridized carbons (Fsp3) is 0.615. The van der Waals surface area contributed by atoms with Gasteiger partial charge < -0.3 is 9.47 Å². The highest BCUT2D eigenvalue weighted by Gasteiger charge is 2.17. The molecule has 0 spiro atoms. The highest BCUT2D eigenvalue weighted by molar-refractivity contribution is 8.38. The topological polar surface area (TPSA) is 65.0 Å². The van der Waals surface area contributed by atoms with Crippen LogP contribution in [0.25, 0.3) is 0 Å². The molecule has 0 fully saturated rings. The van der Waals surface area contributed by atoms with Crippen LogP contribution in [0.1, 0.15) is 27.2 Å². The van der Waals surface area contributed by atoms with Gasteiger partial charge in [0.15, 0.2) is 0 Å². The molecule has 0 aromatic heterocycles. The zero-order valence-electron chi connectivity index (χ0n) is 12.5. The monoisotopic (exact) mass is 319 g/mol. The highest BCUT2D eigenvalue weighted by atomic mass is 32.2. The molecule has 0 N–H and O–H groups in total. The molecule has 7 heteroatoms. The molecule has 0 saturated carbocycles. The summed E-state index contributed by atoms with van der Waals surface area (Å²) in [5.74, 6) is -0.897. The molecule has 0 saturated heterocycles. The maximum Gasteiger partial charge on any atom is 0.356 e. The number of carbonyl (C=O) groups excluding carboxylic acids is 2. The number of esters is 2. The van der Waals surface area contributed by atoms with Crippen molar-refractivity contribution in [2.45, 2.75) is 27.2 Å². The van der Waals surface area contributed by atoms with E-state index in [1.165, 1.54) is 23.5 Å². The molecule has 0 rings (SSSR count).